The Labute approximate surface area is 377 Å². The van der Waals surface area contributed by atoms with Gasteiger partial charge in [0.25, 0.3) is 5.91 Å². The number of hydrogen-bond acceptors (Lipinski definition) is 13. The fourth-order valence-corrected chi connectivity index (χ4v) is 7.64. The number of carbonyl (C=O) groups excluding carboxylic acids is 9. The highest BCUT2D eigenvalue weighted by molar-refractivity contribution is 6.00. The zero-order chi connectivity index (χ0) is 48.3. The van der Waals surface area contributed by atoms with E-state index in [-0.39, 0.29) is 62.7 Å². The predicted octanol–water partition coefficient (Wildman–Crippen LogP) is 0.912. The standard InChI is InChI=1S/C46H73N7O11/c1-25(2)17-31-22-37(55)28(7)50-44(61)32(40(41(49)58)64-46(63)35(19-27(5)6)52-43(31)60)23-39(57)36(24-54)53-42(59)30(15-11-12-16-47)21-38(56)34(18-26(3)4)51-45(62)33(48)20-29-13-9-8-10-14-29/h8-10,13-14,25-28,30-36,40,54H,11-12,15-24,47-48H2,1-7H3,(H2,49,58)(H,50,61)(H,51,62)(H,52,60)(H,53,59). The zero-order valence-electron chi connectivity index (χ0n) is 38.6. The summed E-state index contributed by atoms with van der Waals surface area (Å²) in [5, 5.41) is 20.8. The van der Waals surface area contributed by atoms with E-state index < -0.39 is 120 Å². The van der Waals surface area contributed by atoms with Crippen molar-refractivity contribution in [2.45, 2.75) is 149 Å². The SMILES string of the molecule is CC(C)CC1CC(=O)C(C)NC(=O)C(CC(=O)C(CO)NC(=O)C(CCCCN)CC(=O)C(CC(C)C)NC(=O)C(N)Cc2ccccc2)C(C(N)=O)OC(=O)C(CC(C)C)NC1=O. The summed E-state index contributed by atoms with van der Waals surface area (Å²) in [5.74, 6) is -11.3. The van der Waals surface area contributed by atoms with Gasteiger partial charge < -0.3 is 48.3 Å². The first-order valence-corrected chi connectivity index (χ1v) is 22.5. The number of benzene rings is 1. The van der Waals surface area contributed by atoms with Crippen molar-refractivity contribution in [3.63, 3.8) is 0 Å². The van der Waals surface area contributed by atoms with Crippen LogP contribution in [0, 0.1) is 35.5 Å². The number of esters is 1. The Morgan fingerprint density at radius 1 is 0.828 bits per heavy atom. The van der Waals surface area contributed by atoms with Crippen molar-refractivity contribution in [2.75, 3.05) is 13.2 Å². The van der Waals surface area contributed by atoms with Crippen molar-refractivity contribution in [3.05, 3.63) is 35.9 Å². The van der Waals surface area contributed by atoms with E-state index in [4.69, 9.17) is 21.9 Å². The molecule has 2 rings (SSSR count). The van der Waals surface area contributed by atoms with Crippen LogP contribution in [0.3, 0.4) is 0 Å². The van der Waals surface area contributed by atoms with E-state index in [1.165, 1.54) is 6.92 Å². The van der Waals surface area contributed by atoms with E-state index in [2.05, 4.69) is 21.3 Å². The van der Waals surface area contributed by atoms with Gasteiger partial charge in [0.2, 0.25) is 23.6 Å². The van der Waals surface area contributed by atoms with E-state index in [1.807, 2.05) is 58.0 Å². The molecule has 1 aromatic rings. The maximum absolute atomic E-state index is 14.0. The summed E-state index contributed by atoms with van der Waals surface area (Å²) in [4.78, 5) is 123. The van der Waals surface area contributed by atoms with Crippen LogP contribution in [0.4, 0.5) is 0 Å². The second-order valence-electron chi connectivity index (χ2n) is 18.3. The Balaban J connectivity index is 2.42. The van der Waals surface area contributed by atoms with Gasteiger partial charge in [-0.05, 0) is 75.3 Å². The summed E-state index contributed by atoms with van der Waals surface area (Å²) in [7, 11) is 0. The molecule has 0 radical (unpaired) electrons. The smallest absolute Gasteiger partial charge is 0.329 e. The summed E-state index contributed by atoms with van der Waals surface area (Å²) in [5.41, 5.74) is 18.5. The third-order valence-electron chi connectivity index (χ3n) is 11.1. The lowest BCUT2D eigenvalue weighted by atomic mass is 9.88. The van der Waals surface area contributed by atoms with Crippen molar-refractivity contribution >= 4 is 52.9 Å². The number of primary amides is 1. The topological polar surface area (TPSA) is 309 Å². The minimum atomic E-state index is -2.08. The van der Waals surface area contributed by atoms with Gasteiger partial charge in [-0.25, -0.2) is 4.79 Å². The number of nitrogens with two attached hydrogens (primary N) is 3. The fraction of sp³-hybridized carbons (Fsp3) is 0.674. The van der Waals surface area contributed by atoms with Crippen LogP contribution in [0.2, 0.25) is 0 Å². The number of rotatable bonds is 24. The molecule has 5 amide bonds. The van der Waals surface area contributed by atoms with Gasteiger partial charge >= 0.3 is 5.97 Å². The van der Waals surface area contributed by atoms with Crippen molar-refractivity contribution < 1.29 is 53.0 Å². The summed E-state index contributed by atoms with van der Waals surface area (Å²) < 4.78 is 5.54. The highest BCUT2D eigenvalue weighted by Gasteiger charge is 2.42. The number of amides is 5. The lowest BCUT2D eigenvalue weighted by Crippen LogP contribution is -2.53. The quantitative estimate of drug-likeness (QED) is 0.0529. The molecule has 18 nitrogen and oxygen atoms in total. The molecule has 18 heteroatoms. The number of Topliss-reactive ketones (excluding diaryl/α,β-unsaturated/α-hetero) is 3. The summed E-state index contributed by atoms with van der Waals surface area (Å²) in [6.07, 6.45) is -1.71. The molecule has 9 unspecified atom stereocenters. The summed E-state index contributed by atoms with van der Waals surface area (Å²) in [6, 6.07) is 3.00. The molecular weight excluding hydrogens is 827 g/mol. The molecule has 1 aliphatic heterocycles. The first kappa shape index (κ1) is 55.1. The maximum atomic E-state index is 14.0. The van der Waals surface area contributed by atoms with Crippen molar-refractivity contribution in [2.24, 2.45) is 52.7 Å². The Kier molecular flexibility index (Phi) is 23.5. The number of carbonyl (C=O) groups is 9. The maximum Gasteiger partial charge on any atom is 0.329 e. The Morgan fingerprint density at radius 2 is 1.45 bits per heavy atom. The van der Waals surface area contributed by atoms with E-state index in [1.54, 1.807) is 13.8 Å². The number of aliphatic hydroxyl groups excluding tert-OH is 1. The average molecular weight is 900 g/mol. The highest BCUT2D eigenvalue weighted by atomic mass is 16.6. The van der Waals surface area contributed by atoms with Crippen LogP contribution < -0.4 is 38.5 Å². The number of cyclic esters (lactones) is 1. The first-order chi connectivity index (χ1) is 30.1. The van der Waals surface area contributed by atoms with Crippen LogP contribution in [-0.2, 0) is 54.3 Å². The molecule has 64 heavy (non-hydrogen) atoms. The van der Waals surface area contributed by atoms with Crippen molar-refractivity contribution in [3.8, 4) is 0 Å². The third kappa shape index (κ3) is 18.6. The van der Waals surface area contributed by atoms with Gasteiger partial charge in [0, 0.05) is 31.1 Å². The van der Waals surface area contributed by atoms with Gasteiger partial charge in [0.1, 0.15) is 12.1 Å². The average Bonchev–Trinajstić information content (AvgIpc) is 3.22. The minimum Gasteiger partial charge on any atom is -0.450 e. The Bertz CT molecular complexity index is 1760. The van der Waals surface area contributed by atoms with E-state index in [0.29, 0.717) is 19.4 Å². The Morgan fingerprint density at radius 3 is 2.02 bits per heavy atom. The number of hydrogen-bond donors (Lipinski definition) is 8. The van der Waals surface area contributed by atoms with Crippen LogP contribution >= 0.6 is 0 Å². The normalized spacial score (nSPS) is 21.9. The van der Waals surface area contributed by atoms with E-state index in [0.717, 1.165) is 5.56 Å². The zero-order valence-corrected chi connectivity index (χ0v) is 38.6. The number of ether oxygens (including phenoxy) is 1. The van der Waals surface area contributed by atoms with E-state index in [9.17, 15) is 48.3 Å². The molecule has 0 spiro atoms. The summed E-state index contributed by atoms with van der Waals surface area (Å²) in [6.45, 7) is 11.7. The molecule has 1 heterocycles. The van der Waals surface area contributed by atoms with Gasteiger partial charge in [-0.2, -0.15) is 0 Å². The number of aliphatic hydroxyl groups is 1. The molecule has 1 aliphatic rings. The van der Waals surface area contributed by atoms with Gasteiger partial charge in [-0.1, -0.05) is 78.3 Å². The molecule has 1 saturated heterocycles. The molecule has 0 saturated carbocycles. The molecule has 11 N–H and O–H groups in total. The molecule has 0 bridgehead atoms. The second-order valence-corrected chi connectivity index (χ2v) is 18.3. The number of unbranched alkanes of at least 4 members (excludes halogenated alkanes) is 1. The molecule has 358 valence electrons. The monoisotopic (exact) mass is 900 g/mol. The number of ketones is 3. The second kappa shape index (κ2) is 27.3. The minimum absolute atomic E-state index is 0.0137. The van der Waals surface area contributed by atoms with Crippen molar-refractivity contribution in [1.82, 2.24) is 21.3 Å². The largest absolute Gasteiger partial charge is 0.450 e. The first-order valence-electron chi connectivity index (χ1n) is 22.5. The molecule has 0 aromatic heterocycles. The van der Waals surface area contributed by atoms with Crippen LogP contribution in [0.15, 0.2) is 30.3 Å². The van der Waals surface area contributed by atoms with Crippen LogP contribution in [-0.4, -0.2) is 107 Å². The lowest BCUT2D eigenvalue weighted by Gasteiger charge is -2.28. The molecule has 1 fully saturated rings. The fourth-order valence-electron chi connectivity index (χ4n) is 7.64. The summed E-state index contributed by atoms with van der Waals surface area (Å²) >= 11 is 0. The van der Waals surface area contributed by atoms with E-state index >= 15 is 0 Å². The Hall–Kier alpha value is -5.07. The molecule has 9 atom stereocenters. The van der Waals surface area contributed by atoms with Gasteiger partial charge in [-0.15, -0.1) is 0 Å². The predicted molar refractivity (Wildman–Crippen MR) is 238 cm³/mol. The van der Waals surface area contributed by atoms with Crippen LogP contribution in [0.1, 0.15) is 112 Å². The number of nitrogens with one attached hydrogen (secondary N) is 4. The molecular formula is C46H73N7O11. The van der Waals surface area contributed by atoms with Gasteiger partial charge in [-0.3, -0.25) is 38.4 Å². The molecule has 0 aliphatic carbocycles. The van der Waals surface area contributed by atoms with Gasteiger partial charge in [0.05, 0.1) is 30.7 Å². The molecule has 1 aromatic carbocycles. The van der Waals surface area contributed by atoms with Crippen LogP contribution in [0.25, 0.3) is 0 Å². The van der Waals surface area contributed by atoms with Gasteiger partial charge in [0.15, 0.2) is 23.5 Å². The van der Waals surface area contributed by atoms with Crippen molar-refractivity contribution in [1.29, 1.82) is 0 Å². The lowest BCUT2D eigenvalue weighted by molar-refractivity contribution is -0.164. The van der Waals surface area contributed by atoms with Crippen LogP contribution in [0.5, 0.6) is 0 Å². The highest BCUT2D eigenvalue weighted by Crippen LogP contribution is 2.23. The third-order valence-corrected chi connectivity index (χ3v) is 11.1.